The van der Waals surface area contributed by atoms with E-state index in [0.29, 0.717) is 11.1 Å². The molecule has 0 aliphatic carbocycles. The van der Waals surface area contributed by atoms with E-state index in [1.165, 1.54) is 23.5 Å². The summed E-state index contributed by atoms with van der Waals surface area (Å²) in [6.45, 7) is 0. The summed E-state index contributed by atoms with van der Waals surface area (Å²) in [6, 6.07) is 9.67. The fourth-order valence-electron chi connectivity index (χ4n) is 1.69. The Balaban J connectivity index is 0.000000271. The standard InChI is InChI=1S/C10H8O4.C8H6O4S/c11-8(6-9(12)10(13)14)7-4-2-1-3-5-7;9-6(3-7(10)8(11)12)5-1-2-13-4-5/h1-5H,6H2,(H,13,14);1-2,4H,3H2,(H,11,12). The van der Waals surface area contributed by atoms with Crippen LogP contribution in [0.15, 0.2) is 47.2 Å². The molecule has 1 aromatic carbocycles. The summed E-state index contributed by atoms with van der Waals surface area (Å²) in [5, 5.41) is 19.8. The molecule has 27 heavy (non-hydrogen) atoms. The van der Waals surface area contributed by atoms with Crippen molar-refractivity contribution in [1.29, 1.82) is 0 Å². The van der Waals surface area contributed by atoms with Crippen molar-refractivity contribution >= 4 is 46.4 Å². The lowest BCUT2D eigenvalue weighted by molar-refractivity contribution is -0.148. The number of aliphatic carboxylic acids is 2. The van der Waals surface area contributed by atoms with Gasteiger partial charge in [0.05, 0.1) is 12.8 Å². The average molecular weight is 390 g/mol. The number of hydrogen-bond donors (Lipinski definition) is 2. The Bertz CT molecular complexity index is 853. The van der Waals surface area contributed by atoms with Gasteiger partial charge < -0.3 is 10.2 Å². The van der Waals surface area contributed by atoms with Crippen LogP contribution in [0.1, 0.15) is 33.6 Å². The average Bonchev–Trinajstić information content (AvgIpc) is 3.17. The van der Waals surface area contributed by atoms with Gasteiger partial charge in [0.2, 0.25) is 11.6 Å². The quantitative estimate of drug-likeness (QED) is 0.395. The van der Waals surface area contributed by atoms with Crippen LogP contribution in [0.5, 0.6) is 0 Å². The minimum Gasteiger partial charge on any atom is -0.475 e. The third-order valence-electron chi connectivity index (χ3n) is 3.06. The first-order valence-corrected chi connectivity index (χ1v) is 8.32. The van der Waals surface area contributed by atoms with Crippen molar-refractivity contribution in [1.82, 2.24) is 0 Å². The number of carbonyl (C=O) groups excluding carboxylic acids is 4. The highest BCUT2D eigenvalue weighted by Gasteiger charge is 2.18. The first kappa shape index (κ1) is 21.6. The topological polar surface area (TPSA) is 143 Å². The maximum absolute atomic E-state index is 11.3. The SMILES string of the molecule is O=C(O)C(=O)CC(=O)c1ccccc1.O=C(O)C(=O)CC(=O)c1ccsc1. The van der Waals surface area contributed by atoms with Crippen LogP contribution >= 0.6 is 11.3 Å². The molecule has 2 rings (SSSR count). The Morgan fingerprint density at radius 3 is 1.59 bits per heavy atom. The lowest BCUT2D eigenvalue weighted by Crippen LogP contribution is -2.17. The van der Waals surface area contributed by atoms with Crippen LogP contribution in [0, 0.1) is 0 Å². The van der Waals surface area contributed by atoms with Crippen LogP contribution in [0.2, 0.25) is 0 Å². The largest absolute Gasteiger partial charge is 0.475 e. The number of carboxylic acid groups (broad SMARTS) is 2. The number of thiophene rings is 1. The van der Waals surface area contributed by atoms with Crippen molar-refractivity contribution in [2.75, 3.05) is 0 Å². The zero-order valence-corrected chi connectivity index (χ0v) is 14.6. The molecule has 0 fully saturated rings. The van der Waals surface area contributed by atoms with Crippen molar-refractivity contribution in [3.05, 3.63) is 58.3 Å². The summed E-state index contributed by atoms with van der Waals surface area (Å²) in [5.74, 6) is -6.22. The normalized spacial score (nSPS) is 9.48. The monoisotopic (exact) mass is 390 g/mol. The van der Waals surface area contributed by atoms with Crippen LogP contribution in [-0.4, -0.2) is 45.3 Å². The summed E-state index contributed by atoms with van der Waals surface area (Å²) < 4.78 is 0. The third kappa shape index (κ3) is 7.53. The van der Waals surface area contributed by atoms with Gasteiger partial charge >= 0.3 is 11.9 Å². The van der Waals surface area contributed by atoms with Gasteiger partial charge in [-0.2, -0.15) is 11.3 Å². The molecule has 2 N–H and O–H groups in total. The van der Waals surface area contributed by atoms with Crippen molar-refractivity contribution in [3.8, 4) is 0 Å². The molecule has 8 nitrogen and oxygen atoms in total. The predicted molar refractivity (Wildman–Crippen MR) is 93.9 cm³/mol. The highest BCUT2D eigenvalue weighted by Crippen LogP contribution is 2.08. The second-order valence-corrected chi connectivity index (χ2v) is 5.81. The molecule has 0 saturated carbocycles. The minimum atomic E-state index is -1.57. The maximum Gasteiger partial charge on any atom is 0.372 e. The first-order valence-electron chi connectivity index (χ1n) is 7.38. The molecule has 0 unspecified atom stereocenters. The Hall–Kier alpha value is -3.46. The Labute approximate surface area is 157 Å². The van der Waals surface area contributed by atoms with Gasteiger partial charge in [-0.3, -0.25) is 19.2 Å². The second kappa shape index (κ2) is 10.5. The number of ketones is 4. The smallest absolute Gasteiger partial charge is 0.372 e. The number of Topliss-reactive ketones (excluding diaryl/α,β-unsaturated/α-hetero) is 4. The van der Waals surface area contributed by atoms with Crippen molar-refractivity contribution in [2.45, 2.75) is 12.8 Å². The number of carboxylic acids is 2. The van der Waals surface area contributed by atoms with Gasteiger partial charge in [0.1, 0.15) is 0 Å². The number of benzene rings is 1. The molecule has 140 valence electrons. The number of hydrogen-bond acceptors (Lipinski definition) is 7. The molecule has 0 atom stereocenters. The van der Waals surface area contributed by atoms with E-state index in [1.54, 1.807) is 35.0 Å². The van der Waals surface area contributed by atoms with E-state index >= 15 is 0 Å². The van der Waals surface area contributed by atoms with E-state index < -0.39 is 47.9 Å². The molecule has 1 aromatic heterocycles. The molecule has 0 saturated heterocycles. The summed E-state index contributed by atoms with van der Waals surface area (Å²) >= 11 is 1.32. The molecule has 0 bridgehead atoms. The van der Waals surface area contributed by atoms with Crippen LogP contribution in [0.25, 0.3) is 0 Å². The van der Waals surface area contributed by atoms with Gasteiger partial charge in [0.25, 0.3) is 0 Å². The fraction of sp³-hybridized carbons (Fsp3) is 0.111. The highest BCUT2D eigenvalue weighted by atomic mass is 32.1. The summed E-state index contributed by atoms with van der Waals surface area (Å²) in [7, 11) is 0. The van der Waals surface area contributed by atoms with Crippen LogP contribution < -0.4 is 0 Å². The highest BCUT2D eigenvalue weighted by molar-refractivity contribution is 7.08. The Morgan fingerprint density at radius 2 is 1.19 bits per heavy atom. The van der Waals surface area contributed by atoms with Crippen LogP contribution in [0.3, 0.4) is 0 Å². The van der Waals surface area contributed by atoms with Crippen LogP contribution in [-0.2, 0) is 19.2 Å². The van der Waals surface area contributed by atoms with E-state index in [2.05, 4.69) is 0 Å². The second-order valence-electron chi connectivity index (χ2n) is 5.03. The number of carbonyl (C=O) groups is 6. The van der Waals surface area contributed by atoms with E-state index in [9.17, 15) is 28.8 Å². The minimum absolute atomic E-state index is 0.349. The number of rotatable bonds is 8. The molecular weight excluding hydrogens is 376 g/mol. The first-order chi connectivity index (χ1) is 12.7. The van der Waals surface area contributed by atoms with Gasteiger partial charge in [-0.25, -0.2) is 9.59 Å². The lowest BCUT2D eigenvalue weighted by atomic mass is 10.1. The predicted octanol–water partition coefficient (Wildman–Crippen LogP) is 1.89. The van der Waals surface area contributed by atoms with Crippen molar-refractivity contribution in [2.24, 2.45) is 0 Å². The molecule has 0 spiro atoms. The van der Waals surface area contributed by atoms with Crippen molar-refractivity contribution in [3.63, 3.8) is 0 Å². The van der Waals surface area contributed by atoms with E-state index in [0.717, 1.165) is 0 Å². The summed E-state index contributed by atoms with van der Waals surface area (Å²) in [6.07, 6.45) is -1.15. The summed E-state index contributed by atoms with van der Waals surface area (Å²) in [5.41, 5.74) is 0.738. The molecule has 9 heteroatoms. The van der Waals surface area contributed by atoms with Crippen molar-refractivity contribution < 1.29 is 39.0 Å². The molecule has 0 aliphatic heterocycles. The van der Waals surface area contributed by atoms with Gasteiger partial charge in [-0.1, -0.05) is 30.3 Å². The maximum atomic E-state index is 11.3. The Morgan fingerprint density at radius 1 is 0.704 bits per heavy atom. The van der Waals surface area contributed by atoms with Gasteiger partial charge in [0, 0.05) is 16.5 Å². The molecule has 0 radical (unpaired) electrons. The third-order valence-corrected chi connectivity index (χ3v) is 3.74. The lowest BCUT2D eigenvalue weighted by Gasteiger charge is -1.96. The van der Waals surface area contributed by atoms with E-state index in [4.69, 9.17) is 10.2 Å². The summed E-state index contributed by atoms with van der Waals surface area (Å²) in [4.78, 5) is 64.0. The van der Waals surface area contributed by atoms with Crippen LogP contribution in [0.4, 0.5) is 0 Å². The Kier molecular flexibility index (Phi) is 8.40. The zero-order valence-electron chi connectivity index (χ0n) is 13.8. The zero-order chi connectivity index (χ0) is 20.4. The molecular formula is C18H14O8S. The van der Waals surface area contributed by atoms with Gasteiger partial charge in [-0.15, -0.1) is 0 Å². The molecule has 1 heterocycles. The van der Waals surface area contributed by atoms with Gasteiger partial charge in [-0.05, 0) is 11.4 Å². The molecule has 0 aliphatic rings. The fourth-order valence-corrected chi connectivity index (χ4v) is 2.35. The molecule has 2 aromatic rings. The molecule has 0 amide bonds. The van der Waals surface area contributed by atoms with E-state index in [1.807, 2.05) is 0 Å². The van der Waals surface area contributed by atoms with Gasteiger partial charge in [0.15, 0.2) is 11.6 Å². The van der Waals surface area contributed by atoms with E-state index in [-0.39, 0.29) is 0 Å².